The van der Waals surface area contributed by atoms with Gasteiger partial charge in [0.15, 0.2) is 0 Å². The number of nitrogens with zero attached hydrogens (tertiary/aromatic N) is 2. The summed E-state index contributed by atoms with van der Waals surface area (Å²) in [6.45, 7) is 3.20. The van der Waals surface area contributed by atoms with Crippen LogP contribution in [0.3, 0.4) is 0 Å². The van der Waals surface area contributed by atoms with E-state index in [0.717, 1.165) is 18.1 Å². The Hall–Kier alpha value is -0.900. The van der Waals surface area contributed by atoms with Gasteiger partial charge in [-0.25, -0.2) is 4.98 Å². The number of anilines is 2. The number of rotatable bonds is 3. The van der Waals surface area contributed by atoms with E-state index < -0.39 is 0 Å². The second-order valence-electron chi connectivity index (χ2n) is 3.75. The van der Waals surface area contributed by atoms with Gasteiger partial charge in [-0.05, 0) is 31.2 Å². The van der Waals surface area contributed by atoms with Gasteiger partial charge in [-0.2, -0.15) is 11.8 Å². The van der Waals surface area contributed by atoms with Crippen molar-refractivity contribution >= 4 is 23.3 Å². The molecule has 0 saturated carbocycles. The highest BCUT2D eigenvalue weighted by Crippen LogP contribution is 2.25. The van der Waals surface area contributed by atoms with Crippen molar-refractivity contribution < 1.29 is 0 Å². The molecule has 1 saturated heterocycles. The summed E-state index contributed by atoms with van der Waals surface area (Å²) >= 11 is 2.03. The molecular weight excluding hydrogens is 206 g/mol. The average molecular weight is 223 g/mol. The zero-order valence-corrected chi connectivity index (χ0v) is 9.83. The fourth-order valence-corrected chi connectivity index (χ4v) is 3.17. The van der Waals surface area contributed by atoms with Crippen molar-refractivity contribution in [3.8, 4) is 0 Å². The molecule has 3 nitrogen and oxygen atoms in total. The van der Waals surface area contributed by atoms with E-state index in [4.69, 9.17) is 5.73 Å². The van der Waals surface area contributed by atoms with Gasteiger partial charge in [0.2, 0.25) is 0 Å². The van der Waals surface area contributed by atoms with Crippen molar-refractivity contribution in [2.24, 2.45) is 0 Å². The van der Waals surface area contributed by atoms with Crippen molar-refractivity contribution in [2.75, 3.05) is 28.7 Å². The standard InChI is InChI=1S/C11H17N3S/c1-2-14(10-5-6-15-8-10)11-4-3-9(12)7-13-11/h3-4,7,10H,2,5-6,8,12H2,1H3. The Morgan fingerprint density at radius 3 is 3.00 bits per heavy atom. The van der Waals surface area contributed by atoms with Crippen molar-refractivity contribution in [1.82, 2.24) is 4.98 Å². The predicted molar refractivity (Wildman–Crippen MR) is 67.4 cm³/mol. The molecule has 1 fully saturated rings. The molecule has 4 heteroatoms. The number of nitrogens with two attached hydrogens (primary N) is 1. The van der Waals surface area contributed by atoms with Crippen molar-refractivity contribution in [3.05, 3.63) is 18.3 Å². The van der Waals surface area contributed by atoms with Crippen LogP contribution in [0.5, 0.6) is 0 Å². The van der Waals surface area contributed by atoms with Crippen LogP contribution < -0.4 is 10.6 Å². The Morgan fingerprint density at radius 1 is 1.60 bits per heavy atom. The van der Waals surface area contributed by atoms with Gasteiger partial charge < -0.3 is 10.6 Å². The minimum Gasteiger partial charge on any atom is -0.397 e. The molecule has 1 aromatic heterocycles. The molecule has 0 aliphatic carbocycles. The van der Waals surface area contributed by atoms with E-state index in [9.17, 15) is 0 Å². The van der Waals surface area contributed by atoms with Crippen LogP contribution in [0.1, 0.15) is 13.3 Å². The third-order valence-electron chi connectivity index (χ3n) is 2.75. The van der Waals surface area contributed by atoms with Crippen LogP contribution in [0.2, 0.25) is 0 Å². The summed E-state index contributed by atoms with van der Waals surface area (Å²) in [6.07, 6.45) is 3.00. The zero-order chi connectivity index (χ0) is 10.7. The molecule has 0 radical (unpaired) electrons. The molecule has 15 heavy (non-hydrogen) atoms. The molecule has 1 unspecified atom stereocenters. The summed E-state index contributed by atoms with van der Waals surface area (Å²) in [5.41, 5.74) is 6.37. The normalized spacial score (nSPS) is 20.5. The molecule has 0 aromatic carbocycles. The molecular formula is C11H17N3S. The lowest BCUT2D eigenvalue weighted by Gasteiger charge is -2.28. The maximum absolute atomic E-state index is 5.64. The van der Waals surface area contributed by atoms with Gasteiger partial charge in [-0.15, -0.1) is 0 Å². The molecule has 82 valence electrons. The number of thioether (sulfide) groups is 1. The van der Waals surface area contributed by atoms with Crippen LogP contribution in [0.4, 0.5) is 11.5 Å². The fraction of sp³-hybridized carbons (Fsp3) is 0.545. The Morgan fingerprint density at radius 2 is 2.47 bits per heavy atom. The lowest BCUT2D eigenvalue weighted by atomic mass is 10.2. The lowest BCUT2D eigenvalue weighted by Crippen LogP contribution is -2.35. The molecule has 2 rings (SSSR count). The first-order valence-corrected chi connectivity index (χ1v) is 6.52. The average Bonchev–Trinajstić information content (AvgIpc) is 2.75. The van der Waals surface area contributed by atoms with Gasteiger partial charge in [0.05, 0.1) is 11.9 Å². The second kappa shape index (κ2) is 4.75. The monoisotopic (exact) mass is 223 g/mol. The Kier molecular flexibility index (Phi) is 3.36. The number of aromatic nitrogens is 1. The highest BCUT2D eigenvalue weighted by Gasteiger charge is 2.22. The molecule has 0 bridgehead atoms. The van der Waals surface area contributed by atoms with E-state index >= 15 is 0 Å². The summed E-state index contributed by atoms with van der Waals surface area (Å²) in [5, 5.41) is 0. The van der Waals surface area contributed by atoms with Crippen molar-refractivity contribution in [2.45, 2.75) is 19.4 Å². The van der Waals surface area contributed by atoms with E-state index in [2.05, 4.69) is 16.8 Å². The Labute approximate surface area is 95.1 Å². The molecule has 1 aliphatic rings. The summed E-state index contributed by atoms with van der Waals surface area (Å²) in [6, 6.07) is 4.59. The van der Waals surface area contributed by atoms with Crippen molar-refractivity contribution in [1.29, 1.82) is 0 Å². The molecule has 2 heterocycles. The summed E-state index contributed by atoms with van der Waals surface area (Å²) in [5.74, 6) is 3.55. The van der Waals surface area contributed by atoms with E-state index in [1.807, 2.05) is 23.9 Å². The second-order valence-corrected chi connectivity index (χ2v) is 4.90. The predicted octanol–water partition coefficient (Wildman–Crippen LogP) is 2.00. The molecule has 0 amide bonds. The maximum Gasteiger partial charge on any atom is 0.128 e. The minimum absolute atomic E-state index is 0.649. The summed E-state index contributed by atoms with van der Waals surface area (Å²) < 4.78 is 0. The third kappa shape index (κ3) is 2.37. The number of nitrogen functional groups attached to an aromatic ring is 1. The Bertz CT molecular complexity index is 306. The highest BCUT2D eigenvalue weighted by atomic mass is 32.2. The van der Waals surface area contributed by atoms with Gasteiger partial charge in [0.1, 0.15) is 5.82 Å². The van der Waals surface area contributed by atoms with Gasteiger partial charge in [0.25, 0.3) is 0 Å². The topological polar surface area (TPSA) is 42.1 Å². The first-order chi connectivity index (χ1) is 7.31. The summed E-state index contributed by atoms with van der Waals surface area (Å²) in [4.78, 5) is 6.76. The third-order valence-corrected chi connectivity index (χ3v) is 3.90. The molecule has 2 N–H and O–H groups in total. The van der Waals surface area contributed by atoms with Gasteiger partial charge in [-0.1, -0.05) is 0 Å². The van der Waals surface area contributed by atoms with Crippen LogP contribution in [0.25, 0.3) is 0 Å². The van der Waals surface area contributed by atoms with Crippen LogP contribution in [0, 0.1) is 0 Å². The SMILES string of the molecule is CCN(c1ccc(N)cn1)C1CCSC1. The molecule has 0 spiro atoms. The van der Waals surface area contributed by atoms with Crippen molar-refractivity contribution in [3.63, 3.8) is 0 Å². The number of hydrogen-bond acceptors (Lipinski definition) is 4. The fourth-order valence-electron chi connectivity index (χ4n) is 1.94. The quantitative estimate of drug-likeness (QED) is 0.851. The van der Waals surface area contributed by atoms with E-state index in [1.54, 1.807) is 6.20 Å². The Balaban J connectivity index is 2.14. The molecule has 1 atom stereocenters. The van der Waals surface area contributed by atoms with Crippen LogP contribution in [-0.4, -0.2) is 29.1 Å². The molecule has 1 aliphatic heterocycles. The summed E-state index contributed by atoms with van der Waals surface area (Å²) in [7, 11) is 0. The van der Waals surface area contributed by atoms with Crippen LogP contribution >= 0.6 is 11.8 Å². The lowest BCUT2D eigenvalue weighted by molar-refractivity contribution is 0.652. The van der Waals surface area contributed by atoms with Crippen LogP contribution in [-0.2, 0) is 0 Å². The first-order valence-electron chi connectivity index (χ1n) is 5.37. The number of pyridine rings is 1. The van der Waals surface area contributed by atoms with E-state index in [-0.39, 0.29) is 0 Å². The minimum atomic E-state index is 0.649. The van der Waals surface area contributed by atoms with Gasteiger partial charge in [0, 0.05) is 18.3 Å². The highest BCUT2D eigenvalue weighted by molar-refractivity contribution is 7.99. The van der Waals surface area contributed by atoms with E-state index in [1.165, 1.54) is 17.9 Å². The zero-order valence-electron chi connectivity index (χ0n) is 9.02. The van der Waals surface area contributed by atoms with Gasteiger partial charge >= 0.3 is 0 Å². The first kappa shape index (κ1) is 10.6. The van der Waals surface area contributed by atoms with Gasteiger partial charge in [-0.3, -0.25) is 0 Å². The largest absolute Gasteiger partial charge is 0.397 e. The van der Waals surface area contributed by atoms with E-state index in [0.29, 0.717) is 6.04 Å². The number of hydrogen-bond donors (Lipinski definition) is 1. The van der Waals surface area contributed by atoms with Crippen LogP contribution in [0.15, 0.2) is 18.3 Å². The maximum atomic E-state index is 5.64. The molecule has 1 aromatic rings. The smallest absolute Gasteiger partial charge is 0.128 e.